The summed E-state index contributed by atoms with van der Waals surface area (Å²) in [6.45, 7) is 1.81. The summed E-state index contributed by atoms with van der Waals surface area (Å²) in [6, 6.07) is 14.5. The van der Waals surface area contributed by atoms with E-state index in [0.717, 1.165) is 15.5 Å². The van der Waals surface area contributed by atoms with Crippen molar-refractivity contribution < 1.29 is 4.92 Å². The molecule has 0 aliphatic rings. The number of nitro benzene ring substituents is 1. The molecule has 0 aliphatic heterocycles. The summed E-state index contributed by atoms with van der Waals surface area (Å²) in [5, 5.41) is 15.3. The highest BCUT2D eigenvalue weighted by molar-refractivity contribution is 7.99. The van der Waals surface area contributed by atoms with E-state index < -0.39 is 4.92 Å². The Hall–Kier alpha value is -3.13. The van der Waals surface area contributed by atoms with Gasteiger partial charge in [0.2, 0.25) is 5.95 Å². The highest BCUT2D eigenvalue weighted by Crippen LogP contribution is 2.31. The van der Waals surface area contributed by atoms with Gasteiger partial charge in [0.25, 0.3) is 5.69 Å². The number of aromatic nitrogens is 2. The van der Waals surface area contributed by atoms with E-state index in [1.165, 1.54) is 28.6 Å². The average molecular weight is 353 g/mol. The lowest BCUT2D eigenvalue weighted by Gasteiger charge is -2.06. The van der Waals surface area contributed by atoms with Crippen molar-refractivity contribution in [2.75, 3.05) is 5.73 Å². The van der Waals surface area contributed by atoms with Crippen molar-refractivity contribution in [1.82, 2.24) is 9.66 Å². The Morgan fingerprint density at radius 2 is 2.04 bits per heavy atom. The maximum atomic E-state index is 11.1. The number of nitrogens with zero attached hydrogens (tertiary/aromatic N) is 4. The molecule has 8 heteroatoms. The molecule has 0 aliphatic carbocycles. The van der Waals surface area contributed by atoms with Crippen LogP contribution in [0.15, 0.2) is 69.6 Å². The molecule has 7 nitrogen and oxygen atoms in total. The van der Waals surface area contributed by atoms with Gasteiger partial charge in [-0.1, -0.05) is 30.0 Å². The van der Waals surface area contributed by atoms with Crippen molar-refractivity contribution >= 4 is 29.6 Å². The minimum atomic E-state index is -0.427. The largest absolute Gasteiger partial charge is 0.368 e. The number of nitrogen functional groups attached to an aromatic ring is 1. The lowest BCUT2D eigenvalue weighted by atomic mass is 10.2. The summed E-state index contributed by atoms with van der Waals surface area (Å²) in [7, 11) is 0. The second kappa shape index (κ2) is 7.18. The molecule has 3 rings (SSSR count). The standard InChI is InChI=1S/C17H15N5O2S/c1-12-11-21(17(18)20-12)19-10-13-9-14(22(23)24)7-8-16(13)25-15-5-3-2-4-6-15/h2-11H,1H3,(H2,18,20). The van der Waals surface area contributed by atoms with Crippen molar-refractivity contribution in [3.05, 3.63) is 76.1 Å². The van der Waals surface area contributed by atoms with E-state index in [2.05, 4.69) is 10.1 Å². The molecule has 25 heavy (non-hydrogen) atoms. The van der Waals surface area contributed by atoms with Gasteiger partial charge >= 0.3 is 0 Å². The Morgan fingerprint density at radius 3 is 2.68 bits per heavy atom. The number of non-ortho nitro benzene ring substituents is 1. The maximum Gasteiger partial charge on any atom is 0.270 e. The van der Waals surface area contributed by atoms with Crippen LogP contribution >= 0.6 is 11.8 Å². The predicted octanol–water partition coefficient (Wildman–Crippen LogP) is 3.72. The minimum absolute atomic E-state index is 0.00800. The molecule has 126 valence electrons. The molecule has 0 saturated heterocycles. The quantitative estimate of drug-likeness (QED) is 0.428. The molecule has 0 amide bonds. The van der Waals surface area contributed by atoms with Crippen molar-refractivity contribution in [2.24, 2.45) is 5.10 Å². The van der Waals surface area contributed by atoms with Crippen LogP contribution in [-0.2, 0) is 0 Å². The summed E-state index contributed by atoms with van der Waals surface area (Å²) in [4.78, 5) is 16.6. The highest BCUT2D eigenvalue weighted by atomic mass is 32.2. The second-order valence-corrected chi connectivity index (χ2v) is 6.34. The van der Waals surface area contributed by atoms with Gasteiger partial charge in [0, 0.05) is 27.5 Å². The van der Waals surface area contributed by atoms with Crippen LogP contribution in [-0.4, -0.2) is 20.8 Å². The van der Waals surface area contributed by atoms with E-state index in [1.54, 1.807) is 18.5 Å². The Kier molecular flexibility index (Phi) is 4.80. The van der Waals surface area contributed by atoms with Crippen LogP contribution in [0.25, 0.3) is 0 Å². The Balaban J connectivity index is 1.97. The highest BCUT2D eigenvalue weighted by Gasteiger charge is 2.11. The smallest absolute Gasteiger partial charge is 0.270 e. The van der Waals surface area contributed by atoms with Gasteiger partial charge in [0.05, 0.1) is 23.0 Å². The topological polar surface area (TPSA) is 99.3 Å². The van der Waals surface area contributed by atoms with Gasteiger partial charge < -0.3 is 5.73 Å². The summed E-state index contributed by atoms with van der Waals surface area (Å²) < 4.78 is 1.44. The van der Waals surface area contributed by atoms with Gasteiger partial charge in [-0.25, -0.2) is 9.66 Å². The lowest BCUT2D eigenvalue weighted by molar-refractivity contribution is -0.384. The van der Waals surface area contributed by atoms with Crippen LogP contribution in [0.3, 0.4) is 0 Å². The molecule has 0 spiro atoms. The number of nitrogens with two attached hydrogens (primary N) is 1. The molecule has 0 fully saturated rings. The Bertz CT molecular complexity index is 937. The molecule has 2 N–H and O–H groups in total. The molecule has 3 aromatic rings. The zero-order valence-corrected chi connectivity index (χ0v) is 14.2. The fourth-order valence-electron chi connectivity index (χ4n) is 2.18. The molecule has 2 aromatic carbocycles. The van der Waals surface area contributed by atoms with Gasteiger partial charge in [0.15, 0.2) is 0 Å². The number of benzene rings is 2. The monoisotopic (exact) mass is 353 g/mol. The molecule has 0 saturated carbocycles. The summed E-state index contributed by atoms with van der Waals surface area (Å²) in [5.74, 6) is 0.261. The minimum Gasteiger partial charge on any atom is -0.368 e. The van der Waals surface area contributed by atoms with Crippen molar-refractivity contribution in [3.8, 4) is 0 Å². The number of hydrogen-bond acceptors (Lipinski definition) is 6. The fourth-order valence-corrected chi connectivity index (χ4v) is 3.09. The number of aryl methyl sites for hydroxylation is 1. The fraction of sp³-hybridized carbons (Fsp3) is 0.0588. The third kappa shape index (κ3) is 4.04. The number of imidazole rings is 1. The Labute approximate surface area is 148 Å². The molecule has 0 atom stereocenters. The first-order chi connectivity index (χ1) is 12.0. The van der Waals surface area contributed by atoms with Gasteiger partial charge in [-0.05, 0) is 25.1 Å². The maximum absolute atomic E-state index is 11.1. The van der Waals surface area contributed by atoms with Crippen LogP contribution in [0, 0.1) is 17.0 Å². The van der Waals surface area contributed by atoms with Gasteiger partial charge in [-0.2, -0.15) is 5.10 Å². The zero-order chi connectivity index (χ0) is 17.8. The average Bonchev–Trinajstić information content (AvgIpc) is 2.92. The van der Waals surface area contributed by atoms with Crippen LogP contribution in [0.5, 0.6) is 0 Å². The lowest BCUT2D eigenvalue weighted by Crippen LogP contribution is -1.98. The number of nitro groups is 1. The molecule has 0 bridgehead atoms. The molecular weight excluding hydrogens is 338 g/mol. The van der Waals surface area contributed by atoms with E-state index in [9.17, 15) is 10.1 Å². The Morgan fingerprint density at radius 1 is 1.28 bits per heavy atom. The second-order valence-electron chi connectivity index (χ2n) is 5.22. The van der Waals surface area contributed by atoms with Crippen LogP contribution in [0.2, 0.25) is 0 Å². The number of anilines is 1. The summed E-state index contributed by atoms with van der Waals surface area (Å²) in [6.07, 6.45) is 3.24. The van der Waals surface area contributed by atoms with E-state index in [1.807, 2.05) is 37.3 Å². The van der Waals surface area contributed by atoms with Crippen LogP contribution < -0.4 is 5.73 Å². The third-order valence-corrected chi connectivity index (χ3v) is 4.43. The first-order valence-corrected chi connectivity index (χ1v) is 8.22. The van der Waals surface area contributed by atoms with Crippen molar-refractivity contribution in [2.45, 2.75) is 16.7 Å². The normalized spacial score (nSPS) is 11.1. The first-order valence-electron chi connectivity index (χ1n) is 7.40. The first kappa shape index (κ1) is 16.7. The summed E-state index contributed by atoms with van der Waals surface area (Å²) in [5.41, 5.74) is 7.15. The SMILES string of the molecule is Cc1cn(N=Cc2cc([N+](=O)[O-])ccc2Sc2ccccc2)c(N)n1. The molecule has 1 heterocycles. The molecule has 1 aromatic heterocycles. The van der Waals surface area contributed by atoms with Crippen molar-refractivity contribution in [1.29, 1.82) is 0 Å². The number of rotatable bonds is 5. The van der Waals surface area contributed by atoms with E-state index >= 15 is 0 Å². The van der Waals surface area contributed by atoms with E-state index in [0.29, 0.717) is 5.56 Å². The van der Waals surface area contributed by atoms with Crippen LogP contribution in [0.1, 0.15) is 11.3 Å². The van der Waals surface area contributed by atoms with Crippen molar-refractivity contribution in [3.63, 3.8) is 0 Å². The van der Waals surface area contributed by atoms with E-state index in [-0.39, 0.29) is 11.6 Å². The van der Waals surface area contributed by atoms with Gasteiger partial charge in [0.1, 0.15) is 0 Å². The van der Waals surface area contributed by atoms with E-state index in [4.69, 9.17) is 5.73 Å². The van der Waals surface area contributed by atoms with Gasteiger partial charge in [-0.15, -0.1) is 0 Å². The van der Waals surface area contributed by atoms with Gasteiger partial charge in [-0.3, -0.25) is 10.1 Å². The number of hydrogen-bond donors (Lipinski definition) is 1. The molecule has 0 radical (unpaired) electrons. The zero-order valence-electron chi connectivity index (χ0n) is 13.4. The predicted molar refractivity (Wildman–Crippen MR) is 98.0 cm³/mol. The molecular formula is C17H15N5O2S. The third-order valence-electron chi connectivity index (χ3n) is 3.33. The molecule has 0 unspecified atom stereocenters. The summed E-state index contributed by atoms with van der Waals surface area (Å²) >= 11 is 1.51. The van der Waals surface area contributed by atoms with Crippen LogP contribution in [0.4, 0.5) is 11.6 Å².